The molecule has 0 bridgehead atoms. The highest BCUT2D eigenvalue weighted by Crippen LogP contribution is 2.22. The molecule has 1 saturated heterocycles. The zero-order valence-corrected chi connectivity index (χ0v) is 13.8. The fraction of sp³-hybridized carbons (Fsp3) is 0.875. The first kappa shape index (κ1) is 17.5. The lowest BCUT2D eigenvalue weighted by atomic mass is 10.1. The highest BCUT2D eigenvalue weighted by Gasteiger charge is 2.29. The molecule has 0 aliphatic carbocycles. The minimum atomic E-state index is 0.156. The van der Waals surface area contributed by atoms with E-state index in [1.54, 1.807) is 6.92 Å². The second kappa shape index (κ2) is 10.3. The molecule has 1 amide bonds. The molecule has 0 spiro atoms. The molecule has 1 aliphatic rings. The van der Waals surface area contributed by atoms with Gasteiger partial charge in [-0.1, -0.05) is 57.2 Å². The summed E-state index contributed by atoms with van der Waals surface area (Å²) in [4.78, 5) is 24.8. The summed E-state index contributed by atoms with van der Waals surface area (Å²) in [5.41, 5.74) is 0. The Kier molecular flexibility index (Phi) is 8.99. The van der Waals surface area contributed by atoms with E-state index in [-0.39, 0.29) is 11.0 Å². The maximum atomic E-state index is 11.9. The lowest BCUT2D eigenvalue weighted by molar-refractivity contribution is -0.127. The van der Waals surface area contributed by atoms with Gasteiger partial charge in [-0.15, -0.1) is 0 Å². The van der Waals surface area contributed by atoms with Crippen molar-refractivity contribution in [3.63, 3.8) is 0 Å². The third kappa shape index (κ3) is 7.32. The Labute approximate surface area is 127 Å². The topological polar surface area (TPSA) is 37.4 Å². The Balaban J connectivity index is 2.06. The second-order valence-corrected chi connectivity index (χ2v) is 7.03. The number of nitrogens with zero attached hydrogens (tertiary/aromatic N) is 1. The van der Waals surface area contributed by atoms with E-state index in [4.69, 9.17) is 0 Å². The Morgan fingerprint density at radius 2 is 1.85 bits per heavy atom. The van der Waals surface area contributed by atoms with E-state index < -0.39 is 0 Å². The number of hydrogen-bond donors (Lipinski definition) is 0. The smallest absolute Gasteiger partial charge is 0.222 e. The van der Waals surface area contributed by atoms with Gasteiger partial charge in [-0.05, 0) is 12.3 Å². The van der Waals surface area contributed by atoms with Crippen LogP contribution in [0.3, 0.4) is 0 Å². The van der Waals surface area contributed by atoms with Crippen molar-refractivity contribution >= 4 is 22.8 Å². The van der Waals surface area contributed by atoms with E-state index >= 15 is 0 Å². The van der Waals surface area contributed by atoms with Crippen LogP contribution in [0.4, 0.5) is 0 Å². The first-order valence-electron chi connectivity index (χ1n) is 8.04. The van der Waals surface area contributed by atoms with E-state index in [2.05, 4.69) is 6.92 Å². The first-order valence-corrected chi connectivity index (χ1v) is 9.03. The zero-order chi connectivity index (χ0) is 14.8. The summed E-state index contributed by atoms with van der Waals surface area (Å²) >= 11 is 1.35. The molecule has 116 valence electrons. The fourth-order valence-corrected chi connectivity index (χ4v) is 3.37. The third-order valence-corrected chi connectivity index (χ3v) is 4.89. The maximum Gasteiger partial charge on any atom is 0.222 e. The molecule has 0 aromatic rings. The lowest BCUT2D eigenvalue weighted by Gasteiger charge is -2.16. The van der Waals surface area contributed by atoms with Crippen molar-refractivity contribution in [2.75, 3.05) is 18.8 Å². The quantitative estimate of drug-likeness (QED) is 0.575. The SMILES string of the molecule is CCCCCCCCCN1CC(CSC(C)=O)CC1=O. The predicted molar refractivity (Wildman–Crippen MR) is 85.8 cm³/mol. The molecule has 1 fully saturated rings. The van der Waals surface area contributed by atoms with Crippen LogP contribution in [0, 0.1) is 5.92 Å². The Bertz CT molecular complexity index is 307. The van der Waals surface area contributed by atoms with Gasteiger partial charge < -0.3 is 4.90 Å². The Morgan fingerprint density at radius 1 is 1.20 bits per heavy atom. The molecule has 1 heterocycles. The average molecular weight is 299 g/mol. The van der Waals surface area contributed by atoms with Crippen LogP contribution in [0.5, 0.6) is 0 Å². The highest BCUT2D eigenvalue weighted by molar-refractivity contribution is 8.13. The summed E-state index contributed by atoms with van der Waals surface area (Å²) in [5, 5.41) is 0.156. The molecular formula is C16H29NO2S. The van der Waals surface area contributed by atoms with E-state index in [1.165, 1.54) is 50.3 Å². The number of hydrogen-bond acceptors (Lipinski definition) is 3. The Hall–Kier alpha value is -0.510. The van der Waals surface area contributed by atoms with Gasteiger partial charge in [-0.25, -0.2) is 0 Å². The van der Waals surface area contributed by atoms with Crippen LogP contribution in [0.1, 0.15) is 65.2 Å². The molecular weight excluding hydrogens is 270 g/mol. The molecule has 20 heavy (non-hydrogen) atoms. The number of unbranched alkanes of at least 4 members (excludes halogenated alkanes) is 6. The summed E-state index contributed by atoms with van der Waals surface area (Å²) in [7, 11) is 0. The standard InChI is InChI=1S/C16H29NO2S/c1-3-4-5-6-7-8-9-10-17-12-15(11-16(17)19)13-20-14(2)18/h15H,3-13H2,1-2H3. The number of carbonyl (C=O) groups excluding carboxylic acids is 2. The van der Waals surface area contributed by atoms with Gasteiger partial charge in [-0.3, -0.25) is 9.59 Å². The van der Waals surface area contributed by atoms with Crippen LogP contribution in [-0.4, -0.2) is 34.8 Å². The van der Waals surface area contributed by atoms with Crippen LogP contribution in [-0.2, 0) is 9.59 Å². The molecule has 4 heteroatoms. The molecule has 1 unspecified atom stereocenters. The van der Waals surface area contributed by atoms with Crippen molar-refractivity contribution in [3.05, 3.63) is 0 Å². The summed E-state index contributed by atoms with van der Waals surface area (Å²) in [6.07, 6.45) is 9.62. The third-order valence-electron chi connectivity index (χ3n) is 3.85. The van der Waals surface area contributed by atoms with Crippen LogP contribution < -0.4 is 0 Å². The summed E-state index contributed by atoms with van der Waals surface area (Å²) in [6.45, 7) is 5.60. The monoisotopic (exact) mass is 299 g/mol. The van der Waals surface area contributed by atoms with Gasteiger partial charge in [0.05, 0.1) is 0 Å². The van der Waals surface area contributed by atoms with Gasteiger partial charge in [0.2, 0.25) is 5.91 Å². The molecule has 0 radical (unpaired) electrons. The zero-order valence-electron chi connectivity index (χ0n) is 13.0. The van der Waals surface area contributed by atoms with Gasteiger partial charge >= 0.3 is 0 Å². The lowest BCUT2D eigenvalue weighted by Crippen LogP contribution is -2.26. The normalized spacial score (nSPS) is 18.8. The van der Waals surface area contributed by atoms with Crippen LogP contribution in [0.2, 0.25) is 0 Å². The van der Waals surface area contributed by atoms with Crippen LogP contribution in [0.25, 0.3) is 0 Å². The molecule has 0 saturated carbocycles. The van der Waals surface area contributed by atoms with Crippen molar-refractivity contribution in [2.24, 2.45) is 5.92 Å². The second-order valence-electron chi connectivity index (χ2n) is 5.83. The highest BCUT2D eigenvalue weighted by atomic mass is 32.2. The van der Waals surface area contributed by atoms with Gasteiger partial charge in [-0.2, -0.15) is 0 Å². The first-order chi connectivity index (χ1) is 9.63. The molecule has 1 aliphatic heterocycles. The van der Waals surface area contributed by atoms with E-state index in [0.717, 1.165) is 25.3 Å². The predicted octanol–water partition coefficient (Wildman–Crippen LogP) is 3.87. The molecule has 0 aromatic heterocycles. The summed E-state index contributed by atoms with van der Waals surface area (Å²) in [6, 6.07) is 0. The summed E-state index contributed by atoms with van der Waals surface area (Å²) < 4.78 is 0. The number of amides is 1. The number of likely N-dealkylation sites (tertiary alicyclic amines) is 1. The molecule has 0 N–H and O–H groups in total. The maximum absolute atomic E-state index is 11.9. The van der Waals surface area contributed by atoms with E-state index in [1.807, 2.05) is 4.90 Å². The number of carbonyl (C=O) groups is 2. The van der Waals surface area contributed by atoms with Gasteiger partial charge in [0.25, 0.3) is 0 Å². The largest absolute Gasteiger partial charge is 0.342 e. The Morgan fingerprint density at radius 3 is 2.50 bits per heavy atom. The van der Waals surface area contributed by atoms with E-state index in [9.17, 15) is 9.59 Å². The van der Waals surface area contributed by atoms with Gasteiger partial charge in [0.1, 0.15) is 0 Å². The van der Waals surface area contributed by atoms with Crippen LogP contribution >= 0.6 is 11.8 Å². The van der Waals surface area contributed by atoms with Gasteiger partial charge in [0, 0.05) is 32.2 Å². The minimum Gasteiger partial charge on any atom is -0.342 e. The number of rotatable bonds is 10. The van der Waals surface area contributed by atoms with Crippen molar-refractivity contribution in [1.82, 2.24) is 4.90 Å². The molecule has 1 rings (SSSR count). The molecule has 3 nitrogen and oxygen atoms in total. The van der Waals surface area contributed by atoms with Crippen molar-refractivity contribution < 1.29 is 9.59 Å². The average Bonchev–Trinajstić information content (AvgIpc) is 2.76. The van der Waals surface area contributed by atoms with E-state index in [0.29, 0.717) is 12.3 Å². The molecule has 0 aromatic carbocycles. The fourth-order valence-electron chi connectivity index (χ4n) is 2.68. The van der Waals surface area contributed by atoms with Crippen molar-refractivity contribution in [1.29, 1.82) is 0 Å². The number of thioether (sulfide) groups is 1. The van der Waals surface area contributed by atoms with Crippen LogP contribution in [0.15, 0.2) is 0 Å². The summed E-state index contributed by atoms with van der Waals surface area (Å²) in [5.74, 6) is 1.46. The van der Waals surface area contributed by atoms with Crippen molar-refractivity contribution in [2.45, 2.75) is 65.2 Å². The minimum absolute atomic E-state index is 0.156. The molecule has 1 atom stereocenters. The van der Waals surface area contributed by atoms with Gasteiger partial charge in [0.15, 0.2) is 5.12 Å². The van der Waals surface area contributed by atoms with Crippen molar-refractivity contribution in [3.8, 4) is 0 Å².